The fourth-order valence-corrected chi connectivity index (χ4v) is 10.2. The number of para-hydroxylation sites is 4. The summed E-state index contributed by atoms with van der Waals surface area (Å²) in [4.78, 5) is 10.5. The summed E-state index contributed by atoms with van der Waals surface area (Å²) < 4.78 is 9.39. The standard InChI is InChI=1S/C62H52N4O/c1-61(2,3)43-33-45-37-47(34-43)67-46-30-31-52-51-24-12-13-27-55(51)66(58(52)38-46)59-36-44(62(4,5)6)35-54(63-59)42-21-16-20-41(32-42)48-22-10-11-23-50(48)53-26-17-25-49(40-18-8-7-9-19-40)60(53)65-39-64(45)56-28-14-15-29-57(56)65/h7-38H,39H2,1-6H3. The predicted molar refractivity (Wildman–Crippen MR) is 280 cm³/mol. The minimum Gasteiger partial charge on any atom is -0.457 e. The zero-order chi connectivity index (χ0) is 45.6. The number of ether oxygens (including phenoxy) is 1. The Labute approximate surface area is 393 Å². The van der Waals surface area contributed by atoms with Crippen molar-refractivity contribution in [3.05, 3.63) is 205 Å². The van der Waals surface area contributed by atoms with E-state index in [2.05, 4.69) is 250 Å². The van der Waals surface area contributed by atoms with Crippen molar-refractivity contribution in [3.63, 3.8) is 0 Å². The maximum absolute atomic E-state index is 7.07. The van der Waals surface area contributed by atoms with Gasteiger partial charge < -0.3 is 14.5 Å². The molecule has 326 valence electrons. The lowest BCUT2D eigenvalue weighted by atomic mass is 9.86. The fraction of sp³-hybridized carbons (Fsp3) is 0.145. The van der Waals surface area contributed by atoms with Gasteiger partial charge in [-0.25, -0.2) is 4.98 Å². The average Bonchev–Trinajstić information content (AvgIpc) is 3.89. The number of hydrogen-bond acceptors (Lipinski definition) is 4. The molecule has 0 aliphatic carbocycles. The molecule has 67 heavy (non-hydrogen) atoms. The highest BCUT2D eigenvalue weighted by molar-refractivity contribution is 6.09. The largest absolute Gasteiger partial charge is 0.457 e. The van der Waals surface area contributed by atoms with E-state index in [0.717, 1.165) is 90.0 Å². The molecule has 2 aromatic heterocycles. The Morgan fingerprint density at radius 1 is 0.433 bits per heavy atom. The topological polar surface area (TPSA) is 33.5 Å². The lowest BCUT2D eigenvalue weighted by Crippen LogP contribution is -2.25. The molecule has 8 aromatic carbocycles. The van der Waals surface area contributed by atoms with Gasteiger partial charge in [0.25, 0.3) is 0 Å². The molecule has 0 N–H and O–H groups in total. The molecule has 12 rings (SSSR count). The van der Waals surface area contributed by atoms with Crippen molar-refractivity contribution in [1.29, 1.82) is 0 Å². The summed E-state index contributed by atoms with van der Waals surface area (Å²) >= 11 is 0. The Morgan fingerprint density at radius 2 is 1.06 bits per heavy atom. The highest BCUT2D eigenvalue weighted by atomic mass is 16.5. The molecule has 10 aromatic rings. The third-order valence-electron chi connectivity index (χ3n) is 13.7. The summed E-state index contributed by atoms with van der Waals surface area (Å²) in [5.41, 5.74) is 17.7. The van der Waals surface area contributed by atoms with Crippen LogP contribution in [0.25, 0.3) is 72.3 Å². The van der Waals surface area contributed by atoms with Gasteiger partial charge in [-0.1, -0.05) is 163 Å². The number of pyridine rings is 1. The molecule has 4 heterocycles. The second kappa shape index (κ2) is 15.4. The Balaban J connectivity index is 1.18. The first kappa shape index (κ1) is 40.6. The van der Waals surface area contributed by atoms with Gasteiger partial charge in [-0.15, -0.1) is 0 Å². The van der Waals surface area contributed by atoms with Crippen LogP contribution in [0.2, 0.25) is 0 Å². The van der Waals surface area contributed by atoms with Crippen LogP contribution in [-0.2, 0) is 10.8 Å². The van der Waals surface area contributed by atoms with Crippen LogP contribution in [0.3, 0.4) is 0 Å². The number of rotatable bonds is 1. The SMILES string of the molecule is CC(C)(C)c1cc2cc(c1)N1CN(c3ccccc31)c1c(-c3ccccc3)cccc1-c1ccccc1-c1cccc(c1)-c1cc(C(C)(C)C)cc(n1)-n1c3ccccc3c3ccc(cc31)O2. The number of fused-ring (bicyclic) bond motifs is 23. The third kappa shape index (κ3) is 6.96. The molecule has 0 amide bonds. The monoisotopic (exact) mass is 868 g/mol. The van der Waals surface area contributed by atoms with Crippen LogP contribution in [0.1, 0.15) is 52.7 Å². The predicted octanol–water partition coefficient (Wildman–Crippen LogP) is 16.8. The molecule has 5 nitrogen and oxygen atoms in total. The highest BCUT2D eigenvalue weighted by Crippen LogP contribution is 2.52. The van der Waals surface area contributed by atoms with Crippen LogP contribution in [-0.4, -0.2) is 16.2 Å². The molecule has 0 fully saturated rings. The molecule has 0 atom stereocenters. The van der Waals surface area contributed by atoms with Crippen LogP contribution in [0.5, 0.6) is 11.5 Å². The smallest absolute Gasteiger partial charge is 0.138 e. The minimum absolute atomic E-state index is 0.144. The molecule has 10 bridgehead atoms. The first-order chi connectivity index (χ1) is 32.5. The summed E-state index contributed by atoms with van der Waals surface area (Å²) in [6.07, 6.45) is 0. The molecule has 0 saturated carbocycles. The van der Waals surface area contributed by atoms with E-state index >= 15 is 0 Å². The Morgan fingerprint density at radius 3 is 1.87 bits per heavy atom. The van der Waals surface area contributed by atoms with Gasteiger partial charge in [-0.2, -0.15) is 0 Å². The normalized spacial score (nSPS) is 13.2. The number of aromatic nitrogens is 2. The van der Waals surface area contributed by atoms with Crippen LogP contribution < -0.4 is 14.5 Å². The van der Waals surface area contributed by atoms with Crippen molar-refractivity contribution >= 4 is 44.6 Å². The van der Waals surface area contributed by atoms with E-state index in [9.17, 15) is 0 Å². The van der Waals surface area contributed by atoms with Crippen LogP contribution in [0.15, 0.2) is 194 Å². The summed E-state index contributed by atoms with van der Waals surface area (Å²) in [5, 5.41) is 2.32. The Bertz CT molecular complexity index is 3570. The van der Waals surface area contributed by atoms with Gasteiger partial charge in [-0.05, 0) is 105 Å². The Kier molecular flexibility index (Phi) is 9.30. The molecule has 5 heteroatoms. The number of anilines is 4. The number of benzene rings is 8. The van der Waals surface area contributed by atoms with E-state index in [-0.39, 0.29) is 10.8 Å². The summed E-state index contributed by atoms with van der Waals surface area (Å²) in [6, 6.07) is 70.8. The fourth-order valence-electron chi connectivity index (χ4n) is 10.2. The lowest BCUT2D eigenvalue weighted by Gasteiger charge is -2.29. The second-order valence-electron chi connectivity index (χ2n) is 20.1. The van der Waals surface area contributed by atoms with Gasteiger partial charge in [0.2, 0.25) is 0 Å². The molecular formula is C62H52N4O. The number of hydrogen-bond donors (Lipinski definition) is 0. The summed E-state index contributed by atoms with van der Waals surface area (Å²) in [7, 11) is 0. The molecule has 0 radical (unpaired) electrons. The van der Waals surface area contributed by atoms with Crippen LogP contribution in [0, 0.1) is 0 Å². The van der Waals surface area contributed by atoms with Gasteiger partial charge in [0.05, 0.1) is 33.8 Å². The van der Waals surface area contributed by atoms with E-state index < -0.39 is 0 Å². The third-order valence-corrected chi connectivity index (χ3v) is 13.7. The van der Waals surface area contributed by atoms with Crippen molar-refractivity contribution in [2.24, 2.45) is 0 Å². The van der Waals surface area contributed by atoms with E-state index in [0.29, 0.717) is 6.67 Å². The lowest BCUT2D eigenvalue weighted by molar-refractivity contribution is 0.479. The van der Waals surface area contributed by atoms with Crippen molar-refractivity contribution in [2.45, 2.75) is 52.4 Å². The van der Waals surface area contributed by atoms with Crippen molar-refractivity contribution < 1.29 is 4.74 Å². The van der Waals surface area contributed by atoms with Crippen molar-refractivity contribution in [1.82, 2.24) is 9.55 Å². The van der Waals surface area contributed by atoms with E-state index in [1.54, 1.807) is 0 Å². The first-order valence-corrected chi connectivity index (χ1v) is 23.4. The zero-order valence-electron chi connectivity index (χ0n) is 38.9. The zero-order valence-corrected chi connectivity index (χ0v) is 38.9. The van der Waals surface area contributed by atoms with Gasteiger partial charge in [0.1, 0.15) is 24.0 Å². The molecule has 0 saturated heterocycles. The quantitative estimate of drug-likeness (QED) is 0.165. The van der Waals surface area contributed by atoms with E-state index in [1.165, 1.54) is 27.6 Å². The molecule has 2 aliphatic rings. The first-order valence-electron chi connectivity index (χ1n) is 23.4. The Hall–Kier alpha value is -7.89. The van der Waals surface area contributed by atoms with Gasteiger partial charge >= 0.3 is 0 Å². The molecule has 0 spiro atoms. The average molecular weight is 869 g/mol. The van der Waals surface area contributed by atoms with Crippen molar-refractivity contribution in [2.75, 3.05) is 16.5 Å². The van der Waals surface area contributed by atoms with Gasteiger partial charge in [-0.3, -0.25) is 4.57 Å². The van der Waals surface area contributed by atoms with Crippen LogP contribution in [0.4, 0.5) is 22.7 Å². The molecular weight excluding hydrogens is 817 g/mol. The maximum atomic E-state index is 7.07. The van der Waals surface area contributed by atoms with Crippen LogP contribution >= 0.6 is 0 Å². The van der Waals surface area contributed by atoms with E-state index in [1.807, 2.05) is 0 Å². The summed E-state index contributed by atoms with van der Waals surface area (Å²) in [5.74, 6) is 2.43. The minimum atomic E-state index is -0.148. The number of nitrogens with zero attached hydrogens (tertiary/aromatic N) is 4. The van der Waals surface area contributed by atoms with Gasteiger partial charge in [0, 0.05) is 45.3 Å². The van der Waals surface area contributed by atoms with E-state index in [4.69, 9.17) is 9.72 Å². The van der Waals surface area contributed by atoms with Gasteiger partial charge in [0.15, 0.2) is 0 Å². The molecule has 2 aliphatic heterocycles. The highest BCUT2D eigenvalue weighted by Gasteiger charge is 2.33. The maximum Gasteiger partial charge on any atom is 0.138 e. The summed E-state index contributed by atoms with van der Waals surface area (Å²) in [6.45, 7) is 14.3. The molecule has 0 unspecified atom stereocenters. The van der Waals surface area contributed by atoms with Crippen molar-refractivity contribution in [3.8, 4) is 62.0 Å². The second-order valence-corrected chi connectivity index (χ2v) is 20.1.